The highest BCUT2D eigenvalue weighted by Crippen LogP contribution is 2.48. The molecule has 1 aliphatic carbocycles. The van der Waals surface area contributed by atoms with Gasteiger partial charge in [0.05, 0.1) is 10.5 Å². The third kappa shape index (κ3) is 4.84. The molecule has 2 heterocycles. The third-order valence-electron chi connectivity index (χ3n) is 5.73. The molecule has 0 radical (unpaired) electrons. The van der Waals surface area contributed by atoms with Crippen LogP contribution in [0.3, 0.4) is 0 Å². The van der Waals surface area contributed by atoms with E-state index in [1.165, 1.54) is 42.7 Å². The summed E-state index contributed by atoms with van der Waals surface area (Å²) < 4.78 is 67.3. The van der Waals surface area contributed by atoms with E-state index in [1.807, 2.05) is 0 Å². The highest BCUT2D eigenvalue weighted by molar-refractivity contribution is 7.93. The minimum absolute atomic E-state index is 0.0409. The lowest BCUT2D eigenvalue weighted by Crippen LogP contribution is -2.15. The molecule has 0 spiro atoms. The molecule has 0 aliphatic heterocycles. The third-order valence-corrected chi connectivity index (χ3v) is 7.91. The van der Waals surface area contributed by atoms with Gasteiger partial charge in [-0.15, -0.1) is 11.3 Å². The minimum atomic E-state index is -4.56. The van der Waals surface area contributed by atoms with E-state index >= 15 is 0 Å². The van der Waals surface area contributed by atoms with Crippen molar-refractivity contribution in [3.05, 3.63) is 77.6 Å². The van der Waals surface area contributed by atoms with E-state index in [0.29, 0.717) is 11.8 Å². The first-order valence-electron chi connectivity index (χ1n) is 10.4. The number of alkyl halides is 3. The lowest BCUT2D eigenvalue weighted by Gasteiger charge is -2.12. The first-order valence-corrected chi connectivity index (χ1v) is 12.8. The molecular weight excluding hydrogens is 501 g/mol. The fourth-order valence-electron chi connectivity index (χ4n) is 3.90. The van der Waals surface area contributed by atoms with Crippen molar-refractivity contribution in [2.75, 3.05) is 10.0 Å². The van der Waals surface area contributed by atoms with Gasteiger partial charge in [0.1, 0.15) is 0 Å². The molecule has 5 rings (SSSR count). The second-order valence-corrected chi connectivity index (χ2v) is 10.6. The number of nitrogens with one attached hydrogen (secondary N) is 2. The maximum atomic E-state index is 13.3. The number of benzene rings is 2. The highest BCUT2D eigenvalue weighted by atomic mass is 32.2. The number of sulfonamides is 1. The van der Waals surface area contributed by atoms with Crippen LogP contribution in [0.1, 0.15) is 23.5 Å². The molecule has 0 unspecified atom stereocenters. The quantitative estimate of drug-likeness (QED) is 0.363. The van der Waals surface area contributed by atoms with E-state index < -0.39 is 21.8 Å². The molecule has 1 aliphatic rings. The molecule has 4 aromatic rings. The van der Waals surface area contributed by atoms with Crippen LogP contribution in [0.5, 0.6) is 0 Å². The number of carbonyl (C=O) groups is 1. The summed E-state index contributed by atoms with van der Waals surface area (Å²) in [6, 6.07) is 10.6. The summed E-state index contributed by atoms with van der Waals surface area (Å²) in [6.45, 7) is 0. The predicted octanol–water partition coefficient (Wildman–Crippen LogP) is 5.25. The SMILES string of the molecule is O=C(Nc1ccc2cncc(C(F)(F)F)c2c1)[C@@H]1C[C@H]1c1ccc(S(=O)(=O)Nc2nccs2)cc1. The van der Waals surface area contributed by atoms with Gasteiger partial charge < -0.3 is 5.32 Å². The van der Waals surface area contributed by atoms with Crippen LogP contribution in [-0.2, 0) is 21.0 Å². The van der Waals surface area contributed by atoms with E-state index in [0.717, 1.165) is 23.1 Å². The van der Waals surface area contributed by atoms with Crippen LogP contribution >= 0.6 is 11.3 Å². The van der Waals surface area contributed by atoms with Gasteiger partial charge in [0.15, 0.2) is 5.13 Å². The largest absolute Gasteiger partial charge is 0.418 e. The normalized spacial score (nSPS) is 17.8. The lowest BCUT2D eigenvalue weighted by molar-refractivity contribution is -0.136. The van der Waals surface area contributed by atoms with Crippen molar-refractivity contribution in [1.29, 1.82) is 0 Å². The van der Waals surface area contributed by atoms with E-state index in [4.69, 9.17) is 0 Å². The van der Waals surface area contributed by atoms with Crippen molar-refractivity contribution in [3.8, 4) is 0 Å². The van der Waals surface area contributed by atoms with Crippen LogP contribution in [0.4, 0.5) is 24.0 Å². The van der Waals surface area contributed by atoms with Crippen LogP contribution in [-0.4, -0.2) is 24.3 Å². The van der Waals surface area contributed by atoms with Gasteiger partial charge in [-0.1, -0.05) is 18.2 Å². The van der Waals surface area contributed by atoms with Crippen LogP contribution < -0.4 is 10.0 Å². The number of anilines is 2. The number of hydrogen-bond acceptors (Lipinski definition) is 6. The molecule has 2 aromatic carbocycles. The fourth-order valence-corrected chi connectivity index (χ4v) is 5.69. The van der Waals surface area contributed by atoms with Crippen molar-refractivity contribution in [2.45, 2.75) is 23.4 Å². The van der Waals surface area contributed by atoms with Crippen LogP contribution in [0.15, 0.2) is 71.3 Å². The number of fused-ring (bicyclic) bond motifs is 1. The number of rotatable bonds is 6. The zero-order chi connectivity index (χ0) is 24.8. The molecule has 0 bridgehead atoms. The Balaban J connectivity index is 1.27. The van der Waals surface area contributed by atoms with Crippen molar-refractivity contribution in [1.82, 2.24) is 9.97 Å². The summed E-state index contributed by atoms with van der Waals surface area (Å²) in [5.74, 6) is -0.769. The molecule has 2 N–H and O–H groups in total. The summed E-state index contributed by atoms with van der Waals surface area (Å²) in [4.78, 5) is 20.3. The van der Waals surface area contributed by atoms with Crippen molar-refractivity contribution >= 4 is 48.9 Å². The van der Waals surface area contributed by atoms with Gasteiger partial charge in [-0.2, -0.15) is 13.2 Å². The molecule has 2 aromatic heterocycles. The lowest BCUT2D eigenvalue weighted by atomic mass is 10.1. The standard InChI is InChI=1S/C23H17F3N4O3S2/c24-23(25,26)20-12-27-11-14-1-4-15(9-18(14)20)29-21(31)19-10-17(19)13-2-5-16(6-3-13)35(32,33)30-22-28-7-8-34-22/h1-9,11-12,17,19H,10H2,(H,28,30)(H,29,31)/t17-,19+/m0/s1. The second kappa shape index (κ2) is 8.61. The van der Waals surface area contributed by atoms with Crippen molar-refractivity contribution in [2.24, 2.45) is 5.92 Å². The number of halogens is 3. The van der Waals surface area contributed by atoms with Crippen LogP contribution in [0, 0.1) is 5.92 Å². The van der Waals surface area contributed by atoms with Crippen molar-refractivity contribution in [3.63, 3.8) is 0 Å². The Kier molecular flexibility index (Phi) is 5.72. The summed E-state index contributed by atoms with van der Waals surface area (Å²) in [5, 5.41) is 4.90. The monoisotopic (exact) mass is 518 g/mol. The van der Waals surface area contributed by atoms with Gasteiger partial charge in [0, 0.05) is 41.0 Å². The Bertz CT molecular complexity index is 1510. The van der Waals surface area contributed by atoms with Gasteiger partial charge in [-0.3, -0.25) is 14.5 Å². The summed E-state index contributed by atoms with van der Waals surface area (Å²) in [6.07, 6.45) is -0.411. The Morgan fingerprint density at radius 3 is 2.54 bits per heavy atom. The number of thiazole rings is 1. The molecule has 12 heteroatoms. The summed E-state index contributed by atoms with van der Waals surface area (Å²) in [7, 11) is -3.77. The number of carbonyl (C=O) groups excluding carboxylic acids is 1. The molecule has 180 valence electrons. The average molecular weight is 519 g/mol. The molecule has 7 nitrogen and oxygen atoms in total. The van der Waals surface area contributed by atoms with Crippen LogP contribution in [0.25, 0.3) is 10.8 Å². The fraction of sp³-hybridized carbons (Fsp3) is 0.174. The molecule has 1 saturated carbocycles. The maximum Gasteiger partial charge on any atom is 0.418 e. The average Bonchev–Trinajstić information content (AvgIpc) is 3.47. The predicted molar refractivity (Wildman–Crippen MR) is 126 cm³/mol. The number of pyridine rings is 1. The molecule has 35 heavy (non-hydrogen) atoms. The summed E-state index contributed by atoms with van der Waals surface area (Å²) >= 11 is 1.16. The van der Waals surface area contributed by atoms with Gasteiger partial charge in [0.2, 0.25) is 5.91 Å². The molecule has 1 fully saturated rings. The Morgan fingerprint density at radius 2 is 1.86 bits per heavy atom. The zero-order valence-corrected chi connectivity index (χ0v) is 19.4. The Labute approximate surface area is 202 Å². The Morgan fingerprint density at radius 1 is 1.09 bits per heavy atom. The van der Waals surface area contributed by atoms with Gasteiger partial charge in [-0.25, -0.2) is 13.4 Å². The highest BCUT2D eigenvalue weighted by Gasteiger charge is 2.44. The first kappa shape index (κ1) is 23.2. The zero-order valence-electron chi connectivity index (χ0n) is 17.8. The van der Waals surface area contributed by atoms with E-state index in [-0.39, 0.29) is 38.8 Å². The van der Waals surface area contributed by atoms with E-state index in [1.54, 1.807) is 17.5 Å². The maximum absolute atomic E-state index is 13.3. The molecule has 2 atom stereocenters. The van der Waals surface area contributed by atoms with Gasteiger partial charge >= 0.3 is 6.18 Å². The number of hydrogen-bond donors (Lipinski definition) is 2. The van der Waals surface area contributed by atoms with Gasteiger partial charge in [0.25, 0.3) is 10.0 Å². The number of aromatic nitrogens is 2. The molecular formula is C23H17F3N4O3S2. The first-order chi connectivity index (χ1) is 16.6. The minimum Gasteiger partial charge on any atom is -0.326 e. The van der Waals surface area contributed by atoms with E-state index in [2.05, 4.69) is 20.0 Å². The second-order valence-electron chi connectivity index (χ2n) is 8.07. The Hall–Kier alpha value is -3.51. The smallest absolute Gasteiger partial charge is 0.326 e. The van der Waals surface area contributed by atoms with E-state index in [9.17, 15) is 26.4 Å². The topological polar surface area (TPSA) is 101 Å². The van der Waals surface area contributed by atoms with Crippen LogP contribution in [0.2, 0.25) is 0 Å². The molecule has 0 saturated heterocycles. The number of nitrogens with zero attached hydrogens (tertiary/aromatic N) is 2. The van der Waals surface area contributed by atoms with Gasteiger partial charge in [-0.05, 0) is 47.6 Å². The van der Waals surface area contributed by atoms with Crippen molar-refractivity contribution < 1.29 is 26.4 Å². The molecule has 1 amide bonds. The number of amides is 1. The summed E-state index contributed by atoms with van der Waals surface area (Å²) in [5.41, 5.74) is 0.205.